The summed E-state index contributed by atoms with van der Waals surface area (Å²) in [6.45, 7) is 7.58. The van der Waals surface area contributed by atoms with Gasteiger partial charge in [-0.3, -0.25) is 4.68 Å². The number of anilines is 2. The van der Waals surface area contributed by atoms with E-state index in [1.165, 1.54) is 6.20 Å². The van der Waals surface area contributed by atoms with Gasteiger partial charge in [-0.15, -0.1) is 0 Å². The third-order valence-corrected chi connectivity index (χ3v) is 7.69. The van der Waals surface area contributed by atoms with Gasteiger partial charge in [0.25, 0.3) is 0 Å². The van der Waals surface area contributed by atoms with E-state index in [0.29, 0.717) is 23.2 Å². The van der Waals surface area contributed by atoms with E-state index < -0.39 is 5.82 Å². The molecule has 8 nitrogen and oxygen atoms in total. The SMILES string of the molecule is CC(C)c1c2cc(-c3nc(Nc4ccc([C@H](C)C5CCCNC(CO)C5)cn4)ncc3F)ccc2nn1C. The molecule has 1 saturated heterocycles. The molecule has 1 fully saturated rings. The van der Waals surface area contributed by atoms with Crippen molar-refractivity contribution in [2.75, 3.05) is 18.5 Å². The predicted octanol–water partition coefficient (Wildman–Crippen LogP) is 5.29. The minimum Gasteiger partial charge on any atom is -0.395 e. The second-order valence-corrected chi connectivity index (χ2v) is 10.6. The van der Waals surface area contributed by atoms with E-state index in [9.17, 15) is 9.50 Å². The van der Waals surface area contributed by atoms with E-state index in [2.05, 4.69) is 57.5 Å². The number of nitrogens with one attached hydrogen (secondary N) is 2. The fourth-order valence-corrected chi connectivity index (χ4v) is 5.65. The largest absolute Gasteiger partial charge is 0.395 e. The van der Waals surface area contributed by atoms with Gasteiger partial charge in [-0.05, 0) is 67.3 Å². The smallest absolute Gasteiger partial charge is 0.229 e. The van der Waals surface area contributed by atoms with Gasteiger partial charge in [-0.1, -0.05) is 32.9 Å². The highest BCUT2D eigenvalue weighted by Gasteiger charge is 2.25. The molecule has 3 atom stereocenters. The number of pyridine rings is 1. The molecule has 1 aliphatic rings. The first-order valence-corrected chi connectivity index (χ1v) is 13.4. The van der Waals surface area contributed by atoms with Crippen LogP contribution < -0.4 is 10.6 Å². The first-order chi connectivity index (χ1) is 18.3. The van der Waals surface area contributed by atoms with Gasteiger partial charge in [0.2, 0.25) is 5.95 Å². The summed E-state index contributed by atoms with van der Waals surface area (Å²) in [6, 6.07) is 9.83. The maximum Gasteiger partial charge on any atom is 0.229 e. The van der Waals surface area contributed by atoms with Crippen LogP contribution in [0.1, 0.15) is 63.1 Å². The number of halogens is 1. The Kier molecular flexibility index (Phi) is 7.67. The lowest BCUT2D eigenvalue weighted by Gasteiger charge is -2.25. The Morgan fingerprint density at radius 2 is 2.00 bits per heavy atom. The molecule has 0 saturated carbocycles. The number of aliphatic hydroxyl groups excluding tert-OH is 1. The topological polar surface area (TPSA) is 101 Å². The number of nitrogens with zero attached hydrogens (tertiary/aromatic N) is 5. The van der Waals surface area contributed by atoms with Crippen molar-refractivity contribution in [2.24, 2.45) is 13.0 Å². The Morgan fingerprint density at radius 3 is 2.74 bits per heavy atom. The van der Waals surface area contributed by atoms with Gasteiger partial charge in [0.05, 0.1) is 18.3 Å². The molecule has 0 radical (unpaired) electrons. The van der Waals surface area contributed by atoms with Crippen LogP contribution in [-0.4, -0.2) is 49.0 Å². The third kappa shape index (κ3) is 5.39. The zero-order valence-corrected chi connectivity index (χ0v) is 22.4. The average Bonchev–Trinajstić information content (AvgIpc) is 3.07. The minimum absolute atomic E-state index is 0.152. The first kappa shape index (κ1) is 26.2. The molecule has 0 spiro atoms. The van der Waals surface area contributed by atoms with E-state index >= 15 is 0 Å². The lowest BCUT2D eigenvalue weighted by atomic mass is 9.82. The molecule has 0 amide bonds. The van der Waals surface area contributed by atoms with E-state index in [4.69, 9.17) is 0 Å². The van der Waals surface area contributed by atoms with Crippen molar-refractivity contribution in [1.82, 2.24) is 30.0 Å². The number of aryl methyl sites for hydroxylation is 1. The van der Waals surface area contributed by atoms with Crippen LogP contribution in [0.2, 0.25) is 0 Å². The zero-order valence-electron chi connectivity index (χ0n) is 22.4. The molecule has 200 valence electrons. The first-order valence-electron chi connectivity index (χ1n) is 13.4. The van der Waals surface area contributed by atoms with Crippen molar-refractivity contribution in [3.05, 3.63) is 59.8 Å². The number of aromatic nitrogens is 5. The summed E-state index contributed by atoms with van der Waals surface area (Å²) in [5.74, 6) is 1.49. The second-order valence-electron chi connectivity index (χ2n) is 10.6. The molecular formula is C29H36FN7O. The molecule has 0 aliphatic carbocycles. The monoisotopic (exact) mass is 517 g/mol. The van der Waals surface area contributed by atoms with Gasteiger partial charge in [0, 0.05) is 35.9 Å². The van der Waals surface area contributed by atoms with Crippen molar-refractivity contribution < 1.29 is 9.50 Å². The Bertz CT molecular complexity index is 1400. The minimum atomic E-state index is -0.485. The molecule has 5 rings (SSSR count). The number of benzene rings is 1. The fourth-order valence-electron chi connectivity index (χ4n) is 5.65. The lowest BCUT2D eigenvalue weighted by Crippen LogP contribution is -2.33. The molecule has 4 aromatic rings. The van der Waals surface area contributed by atoms with Crippen LogP contribution in [0.5, 0.6) is 0 Å². The van der Waals surface area contributed by atoms with Gasteiger partial charge in [0.1, 0.15) is 11.5 Å². The van der Waals surface area contributed by atoms with Crippen molar-refractivity contribution in [1.29, 1.82) is 0 Å². The average molecular weight is 518 g/mol. The molecule has 4 heterocycles. The number of rotatable bonds is 7. The van der Waals surface area contributed by atoms with Crippen LogP contribution in [-0.2, 0) is 7.05 Å². The molecular weight excluding hydrogens is 481 g/mol. The number of aliphatic hydroxyl groups is 1. The summed E-state index contributed by atoms with van der Waals surface area (Å²) in [7, 11) is 1.93. The van der Waals surface area contributed by atoms with E-state index in [1.807, 2.05) is 42.2 Å². The highest BCUT2D eigenvalue weighted by Crippen LogP contribution is 2.33. The highest BCUT2D eigenvalue weighted by atomic mass is 19.1. The standard InChI is InChI=1S/C29H36FN7O/c1-17(2)28-23-13-20(7-9-25(23)36-37(28)4)27-24(30)15-33-29(35-27)34-26-10-8-21(14-32-26)18(3)19-6-5-11-31-22(12-19)16-38/h7-10,13-15,17-19,22,31,38H,5-6,11-12,16H2,1-4H3,(H,32,33,34,35)/t18-,19?,22?/m1/s1. The predicted molar refractivity (Wildman–Crippen MR) is 148 cm³/mol. The van der Waals surface area contributed by atoms with Crippen LogP contribution in [0.4, 0.5) is 16.2 Å². The molecule has 38 heavy (non-hydrogen) atoms. The summed E-state index contributed by atoms with van der Waals surface area (Å²) in [5.41, 5.74) is 4.03. The van der Waals surface area contributed by atoms with Crippen molar-refractivity contribution in [3.63, 3.8) is 0 Å². The van der Waals surface area contributed by atoms with Gasteiger partial charge in [0.15, 0.2) is 5.82 Å². The third-order valence-electron chi connectivity index (χ3n) is 7.69. The van der Waals surface area contributed by atoms with E-state index in [1.54, 1.807) is 0 Å². The normalized spacial score (nSPS) is 19.0. The van der Waals surface area contributed by atoms with E-state index in [-0.39, 0.29) is 30.2 Å². The molecule has 2 unspecified atom stereocenters. The van der Waals surface area contributed by atoms with Crippen LogP contribution in [0.3, 0.4) is 0 Å². The second kappa shape index (κ2) is 11.1. The lowest BCUT2D eigenvalue weighted by molar-refractivity contribution is 0.223. The molecule has 1 aliphatic heterocycles. The van der Waals surface area contributed by atoms with Crippen LogP contribution >= 0.6 is 0 Å². The fraction of sp³-hybridized carbons (Fsp3) is 0.448. The van der Waals surface area contributed by atoms with Gasteiger partial charge < -0.3 is 15.7 Å². The molecule has 3 aromatic heterocycles. The maximum atomic E-state index is 14.8. The number of hydrogen-bond donors (Lipinski definition) is 3. The summed E-state index contributed by atoms with van der Waals surface area (Å²) in [6.07, 6.45) is 6.26. The number of hydrogen-bond acceptors (Lipinski definition) is 7. The number of fused-ring (bicyclic) bond motifs is 1. The van der Waals surface area contributed by atoms with Crippen molar-refractivity contribution in [3.8, 4) is 11.3 Å². The van der Waals surface area contributed by atoms with Crippen molar-refractivity contribution in [2.45, 2.75) is 57.9 Å². The Hall–Kier alpha value is -3.43. The molecule has 1 aromatic carbocycles. The molecule has 3 N–H and O–H groups in total. The summed E-state index contributed by atoms with van der Waals surface area (Å²) in [4.78, 5) is 13.2. The quantitative estimate of drug-likeness (QED) is 0.306. The van der Waals surface area contributed by atoms with Crippen LogP contribution in [0.25, 0.3) is 22.2 Å². The zero-order chi connectivity index (χ0) is 26.8. The summed E-state index contributed by atoms with van der Waals surface area (Å²) >= 11 is 0. The van der Waals surface area contributed by atoms with Crippen LogP contribution in [0, 0.1) is 11.7 Å². The van der Waals surface area contributed by atoms with Gasteiger partial charge in [-0.25, -0.2) is 19.3 Å². The van der Waals surface area contributed by atoms with Crippen LogP contribution in [0.15, 0.2) is 42.7 Å². The summed E-state index contributed by atoms with van der Waals surface area (Å²) < 4.78 is 16.7. The van der Waals surface area contributed by atoms with E-state index in [0.717, 1.165) is 48.0 Å². The Morgan fingerprint density at radius 1 is 1.16 bits per heavy atom. The Balaban J connectivity index is 1.35. The van der Waals surface area contributed by atoms with Gasteiger partial charge in [-0.2, -0.15) is 5.10 Å². The Labute approximate surface area is 222 Å². The molecule has 0 bridgehead atoms. The highest BCUT2D eigenvalue weighted by molar-refractivity contribution is 5.86. The van der Waals surface area contributed by atoms with Crippen molar-refractivity contribution >= 4 is 22.7 Å². The van der Waals surface area contributed by atoms with Gasteiger partial charge >= 0.3 is 0 Å². The maximum absolute atomic E-state index is 14.8. The molecule has 9 heteroatoms. The summed E-state index contributed by atoms with van der Waals surface area (Å²) in [5, 5.41) is 21.8.